The van der Waals surface area contributed by atoms with Crippen molar-refractivity contribution in [2.75, 3.05) is 51.3 Å². The molecule has 0 unspecified atom stereocenters. The van der Waals surface area contributed by atoms with E-state index in [1.165, 1.54) is 16.6 Å². The molecule has 1 saturated heterocycles. The smallest absolute Gasteiger partial charge is 0.120 e. The van der Waals surface area contributed by atoms with E-state index in [0.717, 1.165) is 48.7 Å². The quantitative estimate of drug-likeness (QED) is 0.739. The molecule has 5 nitrogen and oxygen atoms in total. The Balaban J connectivity index is 1.65. The number of rotatable bonds is 5. The third-order valence-electron chi connectivity index (χ3n) is 5.36. The van der Waals surface area contributed by atoms with Crippen molar-refractivity contribution in [1.82, 2.24) is 9.88 Å². The van der Waals surface area contributed by atoms with Crippen LogP contribution in [-0.4, -0.2) is 61.4 Å². The summed E-state index contributed by atoms with van der Waals surface area (Å²) in [6.07, 6.45) is 0. The standard InChI is InChI=1S/C23H27N3O2/c1-17-14-23(18-4-3-5-20(15-18)28-13-12-27)24-22-7-6-19(16-21(17)22)26-10-8-25(2)9-11-26/h3-7,14-16,27H,8-13H2,1-2H3. The molecule has 5 heteroatoms. The van der Waals surface area contributed by atoms with Crippen molar-refractivity contribution in [3.8, 4) is 17.0 Å². The van der Waals surface area contributed by atoms with Crippen LogP contribution in [0.15, 0.2) is 48.5 Å². The van der Waals surface area contributed by atoms with E-state index in [1.807, 2.05) is 24.3 Å². The van der Waals surface area contributed by atoms with Crippen molar-refractivity contribution in [1.29, 1.82) is 0 Å². The van der Waals surface area contributed by atoms with Crippen LogP contribution in [0.4, 0.5) is 5.69 Å². The van der Waals surface area contributed by atoms with E-state index >= 15 is 0 Å². The highest BCUT2D eigenvalue weighted by Crippen LogP contribution is 2.29. The Hall–Kier alpha value is -2.63. The van der Waals surface area contributed by atoms with Crippen molar-refractivity contribution in [2.45, 2.75) is 6.92 Å². The molecule has 0 saturated carbocycles. The zero-order chi connectivity index (χ0) is 19.5. The van der Waals surface area contributed by atoms with E-state index in [4.69, 9.17) is 14.8 Å². The third kappa shape index (κ3) is 3.96. The number of aromatic nitrogens is 1. The van der Waals surface area contributed by atoms with E-state index in [1.54, 1.807) is 0 Å². The number of anilines is 1. The monoisotopic (exact) mass is 377 g/mol. The maximum atomic E-state index is 8.96. The number of aliphatic hydroxyl groups is 1. The molecule has 0 atom stereocenters. The molecule has 1 fully saturated rings. The van der Waals surface area contributed by atoms with Crippen LogP contribution in [0, 0.1) is 6.92 Å². The van der Waals surface area contributed by atoms with Gasteiger partial charge in [-0.15, -0.1) is 0 Å². The Morgan fingerprint density at radius 3 is 2.64 bits per heavy atom. The SMILES string of the molecule is Cc1cc(-c2cccc(OCCO)c2)nc2ccc(N3CCN(C)CC3)cc12. The lowest BCUT2D eigenvalue weighted by Gasteiger charge is -2.34. The van der Waals surface area contributed by atoms with Crippen LogP contribution in [-0.2, 0) is 0 Å². The van der Waals surface area contributed by atoms with Crippen molar-refractivity contribution in [2.24, 2.45) is 0 Å². The topological polar surface area (TPSA) is 48.8 Å². The van der Waals surface area contributed by atoms with E-state index in [0.29, 0.717) is 6.61 Å². The van der Waals surface area contributed by atoms with E-state index in [9.17, 15) is 0 Å². The minimum atomic E-state index is 0.00714. The highest BCUT2D eigenvalue weighted by Gasteiger charge is 2.15. The molecule has 4 rings (SSSR count). The van der Waals surface area contributed by atoms with Gasteiger partial charge in [-0.2, -0.15) is 0 Å². The fraction of sp³-hybridized carbons (Fsp3) is 0.348. The Labute approximate surface area is 166 Å². The van der Waals surface area contributed by atoms with Gasteiger partial charge in [-0.25, -0.2) is 4.98 Å². The van der Waals surface area contributed by atoms with Crippen molar-refractivity contribution >= 4 is 16.6 Å². The number of aryl methyl sites for hydroxylation is 1. The first kappa shape index (κ1) is 18.7. The van der Waals surface area contributed by atoms with Gasteiger partial charge in [0, 0.05) is 42.8 Å². The third-order valence-corrected chi connectivity index (χ3v) is 5.36. The molecule has 1 N–H and O–H groups in total. The van der Waals surface area contributed by atoms with E-state index in [-0.39, 0.29) is 6.61 Å². The Morgan fingerprint density at radius 1 is 1.04 bits per heavy atom. The number of aliphatic hydroxyl groups excluding tert-OH is 1. The van der Waals surface area contributed by atoms with Crippen molar-refractivity contribution < 1.29 is 9.84 Å². The lowest BCUT2D eigenvalue weighted by molar-refractivity contribution is 0.201. The van der Waals surface area contributed by atoms with Crippen LogP contribution < -0.4 is 9.64 Å². The first-order valence-electron chi connectivity index (χ1n) is 9.83. The average Bonchev–Trinajstić information content (AvgIpc) is 2.73. The van der Waals surface area contributed by atoms with Gasteiger partial charge >= 0.3 is 0 Å². The molecule has 0 spiro atoms. The first-order valence-corrected chi connectivity index (χ1v) is 9.83. The molecule has 2 aromatic carbocycles. The normalized spacial score (nSPS) is 15.2. The van der Waals surface area contributed by atoms with Crippen LogP contribution in [0.1, 0.15) is 5.56 Å². The summed E-state index contributed by atoms with van der Waals surface area (Å²) in [6.45, 7) is 6.77. The minimum absolute atomic E-state index is 0.00714. The molecule has 0 aliphatic carbocycles. The van der Waals surface area contributed by atoms with Crippen LogP contribution in [0.25, 0.3) is 22.2 Å². The van der Waals surface area contributed by atoms with Gasteiger partial charge in [0.25, 0.3) is 0 Å². The second-order valence-electron chi connectivity index (χ2n) is 7.42. The predicted octanol–water partition coefficient (Wildman–Crippen LogP) is 3.33. The summed E-state index contributed by atoms with van der Waals surface area (Å²) in [7, 11) is 2.18. The van der Waals surface area contributed by atoms with Gasteiger partial charge in [-0.1, -0.05) is 12.1 Å². The zero-order valence-corrected chi connectivity index (χ0v) is 16.6. The van der Waals surface area contributed by atoms with Gasteiger partial charge in [0.2, 0.25) is 0 Å². The second kappa shape index (κ2) is 8.17. The fourth-order valence-electron chi connectivity index (χ4n) is 3.70. The summed E-state index contributed by atoms with van der Waals surface area (Å²) in [5.41, 5.74) is 5.46. The summed E-state index contributed by atoms with van der Waals surface area (Å²) in [5, 5.41) is 10.2. The molecule has 0 bridgehead atoms. The Morgan fingerprint density at radius 2 is 1.86 bits per heavy atom. The molecule has 28 heavy (non-hydrogen) atoms. The van der Waals surface area contributed by atoms with Crippen LogP contribution in [0.3, 0.4) is 0 Å². The zero-order valence-electron chi connectivity index (χ0n) is 16.6. The molecule has 1 aromatic heterocycles. The second-order valence-corrected chi connectivity index (χ2v) is 7.42. The van der Waals surface area contributed by atoms with E-state index in [2.05, 4.69) is 48.0 Å². The average molecular weight is 377 g/mol. The Kier molecular flexibility index (Phi) is 5.46. The number of piperazine rings is 1. The molecule has 146 valence electrons. The van der Waals surface area contributed by atoms with Gasteiger partial charge in [0.15, 0.2) is 0 Å². The summed E-state index contributed by atoms with van der Waals surface area (Å²) in [6, 6.07) is 16.6. The summed E-state index contributed by atoms with van der Waals surface area (Å²) in [4.78, 5) is 9.72. The molecule has 1 aliphatic heterocycles. The largest absolute Gasteiger partial charge is 0.491 e. The van der Waals surface area contributed by atoms with Crippen LogP contribution >= 0.6 is 0 Å². The van der Waals surface area contributed by atoms with Crippen LogP contribution in [0.2, 0.25) is 0 Å². The molecule has 2 heterocycles. The number of likely N-dealkylation sites (N-methyl/N-ethyl adjacent to an activating group) is 1. The first-order chi connectivity index (χ1) is 13.6. The summed E-state index contributed by atoms with van der Waals surface area (Å²) >= 11 is 0. The molecule has 1 aliphatic rings. The molecule has 3 aromatic rings. The lowest BCUT2D eigenvalue weighted by atomic mass is 10.0. The molecule has 0 radical (unpaired) electrons. The van der Waals surface area contributed by atoms with Gasteiger partial charge in [-0.05, 0) is 55.9 Å². The molecular formula is C23H27N3O2. The lowest BCUT2D eigenvalue weighted by Crippen LogP contribution is -2.44. The number of hydrogen-bond donors (Lipinski definition) is 1. The minimum Gasteiger partial charge on any atom is -0.491 e. The van der Waals surface area contributed by atoms with Crippen molar-refractivity contribution in [3.63, 3.8) is 0 Å². The van der Waals surface area contributed by atoms with Gasteiger partial charge in [0.05, 0.1) is 17.8 Å². The number of nitrogens with zero attached hydrogens (tertiary/aromatic N) is 3. The summed E-state index contributed by atoms with van der Waals surface area (Å²) in [5.74, 6) is 0.747. The highest BCUT2D eigenvalue weighted by molar-refractivity contribution is 5.88. The summed E-state index contributed by atoms with van der Waals surface area (Å²) < 4.78 is 5.54. The van der Waals surface area contributed by atoms with Crippen LogP contribution in [0.5, 0.6) is 5.75 Å². The fourth-order valence-corrected chi connectivity index (χ4v) is 3.70. The number of hydrogen-bond acceptors (Lipinski definition) is 5. The number of benzene rings is 2. The van der Waals surface area contributed by atoms with E-state index < -0.39 is 0 Å². The maximum absolute atomic E-state index is 8.96. The maximum Gasteiger partial charge on any atom is 0.120 e. The predicted molar refractivity (Wildman–Crippen MR) is 114 cm³/mol. The van der Waals surface area contributed by atoms with Crippen molar-refractivity contribution in [3.05, 3.63) is 54.1 Å². The van der Waals surface area contributed by atoms with Gasteiger partial charge in [-0.3, -0.25) is 0 Å². The number of pyridine rings is 1. The number of ether oxygens (including phenoxy) is 1. The Bertz CT molecular complexity index is 965. The molecular weight excluding hydrogens is 350 g/mol. The number of fused-ring (bicyclic) bond motifs is 1. The highest BCUT2D eigenvalue weighted by atomic mass is 16.5. The van der Waals surface area contributed by atoms with Gasteiger partial charge < -0.3 is 19.6 Å². The molecule has 0 amide bonds. The van der Waals surface area contributed by atoms with Gasteiger partial charge in [0.1, 0.15) is 12.4 Å².